The minimum atomic E-state index is 0.602. The molecule has 3 nitrogen and oxygen atoms in total. The van der Waals surface area contributed by atoms with Crippen molar-refractivity contribution < 1.29 is 4.42 Å². The highest BCUT2D eigenvalue weighted by Crippen LogP contribution is 2.27. The van der Waals surface area contributed by atoms with Crippen LogP contribution in [0.1, 0.15) is 0 Å². The Balaban J connectivity index is 2.28. The van der Waals surface area contributed by atoms with Gasteiger partial charge in [0.25, 0.3) is 0 Å². The molecule has 2 aromatic carbocycles. The average Bonchev–Trinajstić information content (AvgIpc) is 2.73. The first-order chi connectivity index (χ1) is 8.42. The van der Waals surface area contributed by atoms with Gasteiger partial charge in [0.1, 0.15) is 11.1 Å². The van der Waals surface area contributed by atoms with Crippen molar-refractivity contribution in [1.82, 2.24) is 9.97 Å². The Hall–Kier alpha value is -2.42. The topological polar surface area (TPSA) is 38.9 Å². The van der Waals surface area contributed by atoms with Gasteiger partial charge in [-0.2, -0.15) is 0 Å². The summed E-state index contributed by atoms with van der Waals surface area (Å²) in [6.07, 6.45) is 0. The average molecular weight is 220 g/mol. The third-order valence-electron chi connectivity index (χ3n) is 2.89. The van der Waals surface area contributed by atoms with Crippen LogP contribution in [0.2, 0.25) is 0 Å². The molecule has 0 aliphatic carbocycles. The lowest BCUT2D eigenvalue weighted by Gasteiger charge is -1.94. The summed E-state index contributed by atoms with van der Waals surface area (Å²) in [5.41, 5.74) is 4.02. The molecule has 4 rings (SSSR count). The molecule has 0 bridgehead atoms. The Labute approximate surface area is 96.7 Å². The van der Waals surface area contributed by atoms with Crippen LogP contribution in [0.15, 0.2) is 52.9 Å². The van der Waals surface area contributed by atoms with Crippen molar-refractivity contribution in [3.05, 3.63) is 48.5 Å². The first-order valence-corrected chi connectivity index (χ1v) is 5.46. The summed E-state index contributed by atoms with van der Waals surface area (Å²) in [6, 6.07) is 15.7. The summed E-state index contributed by atoms with van der Waals surface area (Å²) in [5.74, 6) is 0. The molecule has 0 unspecified atom stereocenters. The van der Waals surface area contributed by atoms with Crippen LogP contribution in [-0.4, -0.2) is 9.97 Å². The molecule has 4 aromatic rings. The van der Waals surface area contributed by atoms with Crippen LogP contribution >= 0.6 is 0 Å². The molecule has 17 heavy (non-hydrogen) atoms. The van der Waals surface area contributed by atoms with Crippen LogP contribution in [0.4, 0.5) is 0 Å². The molecule has 2 heterocycles. The molecule has 0 fully saturated rings. The molecule has 0 N–H and O–H groups in total. The van der Waals surface area contributed by atoms with Crippen LogP contribution < -0.4 is 0 Å². The molecule has 0 spiro atoms. The van der Waals surface area contributed by atoms with Crippen LogP contribution in [0.25, 0.3) is 33.2 Å². The summed E-state index contributed by atoms with van der Waals surface area (Å²) in [4.78, 5) is 9.10. The third kappa shape index (κ3) is 1.16. The Bertz CT molecular complexity index is 842. The van der Waals surface area contributed by atoms with Gasteiger partial charge in [0, 0.05) is 5.39 Å². The Morgan fingerprint density at radius 2 is 1.47 bits per heavy atom. The van der Waals surface area contributed by atoms with Gasteiger partial charge < -0.3 is 4.42 Å². The van der Waals surface area contributed by atoms with E-state index >= 15 is 0 Å². The SMILES string of the molecule is c1ccc2nc3c(nc2c1)oc1ccccc13. The van der Waals surface area contributed by atoms with E-state index in [1.807, 2.05) is 48.5 Å². The molecule has 0 radical (unpaired) electrons. The minimum Gasteiger partial charge on any atom is -0.436 e. The highest BCUT2D eigenvalue weighted by Gasteiger charge is 2.09. The number of fused-ring (bicyclic) bond motifs is 4. The van der Waals surface area contributed by atoms with Gasteiger partial charge >= 0.3 is 0 Å². The first kappa shape index (κ1) is 8.70. The predicted octanol–water partition coefficient (Wildman–Crippen LogP) is 3.53. The van der Waals surface area contributed by atoms with Gasteiger partial charge in [-0.3, -0.25) is 0 Å². The lowest BCUT2D eigenvalue weighted by atomic mass is 10.2. The number of hydrogen-bond donors (Lipinski definition) is 0. The fourth-order valence-electron chi connectivity index (χ4n) is 2.09. The molecule has 2 aromatic heterocycles. The van der Waals surface area contributed by atoms with Crippen molar-refractivity contribution in [2.24, 2.45) is 0 Å². The van der Waals surface area contributed by atoms with E-state index in [0.29, 0.717) is 5.71 Å². The van der Waals surface area contributed by atoms with Gasteiger partial charge in [0.15, 0.2) is 0 Å². The zero-order valence-electron chi connectivity index (χ0n) is 8.92. The molecule has 0 aliphatic rings. The second kappa shape index (κ2) is 3.04. The van der Waals surface area contributed by atoms with Crippen molar-refractivity contribution in [2.45, 2.75) is 0 Å². The van der Waals surface area contributed by atoms with Gasteiger partial charge in [0.2, 0.25) is 5.71 Å². The molecule has 80 valence electrons. The van der Waals surface area contributed by atoms with E-state index in [-0.39, 0.29) is 0 Å². The maximum atomic E-state index is 5.69. The zero-order chi connectivity index (χ0) is 11.2. The van der Waals surface area contributed by atoms with E-state index in [1.165, 1.54) is 0 Å². The largest absolute Gasteiger partial charge is 0.436 e. The Morgan fingerprint density at radius 1 is 0.765 bits per heavy atom. The molecule has 0 aliphatic heterocycles. The highest BCUT2D eigenvalue weighted by molar-refractivity contribution is 6.03. The highest BCUT2D eigenvalue weighted by atomic mass is 16.3. The van der Waals surface area contributed by atoms with Crippen molar-refractivity contribution in [1.29, 1.82) is 0 Å². The Morgan fingerprint density at radius 3 is 2.35 bits per heavy atom. The second-order valence-corrected chi connectivity index (χ2v) is 3.96. The van der Waals surface area contributed by atoms with Crippen LogP contribution in [0.3, 0.4) is 0 Å². The van der Waals surface area contributed by atoms with E-state index in [2.05, 4.69) is 9.97 Å². The molecule has 0 saturated carbocycles. The van der Waals surface area contributed by atoms with Crippen molar-refractivity contribution in [3.8, 4) is 0 Å². The lowest BCUT2D eigenvalue weighted by Crippen LogP contribution is -1.83. The Kier molecular flexibility index (Phi) is 1.56. The van der Waals surface area contributed by atoms with Crippen LogP contribution in [-0.2, 0) is 0 Å². The monoisotopic (exact) mass is 220 g/mol. The van der Waals surface area contributed by atoms with E-state index in [0.717, 1.165) is 27.5 Å². The third-order valence-corrected chi connectivity index (χ3v) is 2.89. The quantitative estimate of drug-likeness (QED) is 0.455. The van der Waals surface area contributed by atoms with Crippen molar-refractivity contribution >= 4 is 33.2 Å². The molecular formula is C14H8N2O. The van der Waals surface area contributed by atoms with Gasteiger partial charge in [-0.25, -0.2) is 9.97 Å². The van der Waals surface area contributed by atoms with Crippen LogP contribution in [0, 0.1) is 0 Å². The van der Waals surface area contributed by atoms with Gasteiger partial charge in [-0.1, -0.05) is 24.3 Å². The maximum Gasteiger partial charge on any atom is 0.246 e. The fraction of sp³-hybridized carbons (Fsp3) is 0. The molecule has 3 heteroatoms. The number of para-hydroxylation sites is 3. The standard InChI is InChI=1S/C14H8N2O/c1-4-8-12-9(5-1)13-14(17-12)16-11-7-3-2-6-10(11)15-13/h1-8H. The summed E-state index contributed by atoms with van der Waals surface area (Å²) < 4.78 is 5.69. The van der Waals surface area contributed by atoms with E-state index in [9.17, 15) is 0 Å². The lowest BCUT2D eigenvalue weighted by molar-refractivity contribution is 0.655. The molecular weight excluding hydrogens is 212 g/mol. The van der Waals surface area contributed by atoms with Gasteiger partial charge in [-0.15, -0.1) is 0 Å². The van der Waals surface area contributed by atoms with Gasteiger partial charge in [0.05, 0.1) is 11.0 Å². The minimum absolute atomic E-state index is 0.602. The second-order valence-electron chi connectivity index (χ2n) is 3.96. The predicted molar refractivity (Wildman–Crippen MR) is 66.8 cm³/mol. The number of nitrogens with zero attached hydrogens (tertiary/aromatic N) is 2. The number of benzene rings is 2. The van der Waals surface area contributed by atoms with Crippen molar-refractivity contribution in [3.63, 3.8) is 0 Å². The summed E-state index contributed by atoms with van der Waals surface area (Å²) in [7, 11) is 0. The van der Waals surface area contributed by atoms with E-state index in [4.69, 9.17) is 4.42 Å². The number of rotatable bonds is 0. The summed E-state index contributed by atoms with van der Waals surface area (Å²) >= 11 is 0. The summed E-state index contributed by atoms with van der Waals surface area (Å²) in [6.45, 7) is 0. The molecule has 0 saturated heterocycles. The number of hydrogen-bond acceptors (Lipinski definition) is 3. The zero-order valence-corrected chi connectivity index (χ0v) is 8.92. The molecule has 0 amide bonds. The van der Waals surface area contributed by atoms with Crippen LogP contribution in [0.5, 0.6) is 0 Å². The van der Waals surface area contributed by atoms with E-state index in [1.54, 1.807) is 0 Å². The smallest absolute Gasteiger partial charge is 0.246 e. The first-order valence-electron chi connectivity index (χ1n) is 5.46. The number of aromatic nitrogens is 2. The van der Waals surface area contributed by atoms with Gasteiger partial charge in [-0.05, 0) is 24.3 Å². The fourth-order valence-corrected chi connectivity index (χ4v) is 2.09. The van der Waals surface area contributed by atoms with Crippen molar-refractivity contribution in [2.75, 3.05) is 0 Å². The maximum absolute atomic E-state index is 5.69. The summed E-state index contributed by atoms with van der Waals surface area (Å²) in [5, 5.41) is 1.01. The normalized spacial score (nSPS) is 11.5. The van der Waals surface area contributed by atoms with E-state index < -0.39 is 0 Å². The number of furan rings is 1. The molecule has 0 atom stereocenters.